The van der Waals surface area contributed by atoms with Crippen LogP contribution in [0.5, 0.6) is 0 Å². The van der Waals surface area contributed by atoms with Crippen molar-refractivity contribution in [1.29, 1.82) is 0 Å². The molecule has 3 heteroatoms. The highest BCUT2D eigenvalue weighted by Gasteiger charge is 2.33. The minimum absolute atomic E-state index is 0.186. The van der Waals surface area contributed by atoms with Gasteiger partial charge in [-0.15, -0.1) is 0 Å². The fourth-order valence-corrected chi connectivity index (χ4v) is 0.871. The van der Waals surface area contributed by atoms with Gasteiger partial charge in [-0.25, -0.2) is 0 Å². The van der Waals surface area contributed by atoms with Crippen LogP contribution in [0.3, 0.4) is 0 Å². The predicted octanol–water partition coefficient (Wildman–Crippen LogP) is 1.58. The van der Waals surface area contributed by atoms with Crippen molar-refractivity contribution in [3.63, 3.8) is 0 Å². The molecular weight excluding hydrogens is 241 g/mol. The fraction of sp³-hybridized carbons (Fsp3) is 0.857. The van der Waals surface area contributed by atoms with Gasteiger partial charge in [-0.2, -0.15) is 0 Å². The van der Waals surface area contributed by atoms with Crippen LogP contribution in [0.2, 0.25) is 0 Å². The number of halogens is 1. The molecule has 10 heavy (non-hydrogen) atoms. The van der Waals surface area contributed by atoms with Crippen molar-refractivity contribution < 1.29 is 4.79 Å². The first kappa shape index (κ1) is 10.4. The van der Waals surface area contributed by atoms with E-state index in [4.69, 9.17) is 0 Å². The molecular formula is C7H14INO. The maximum absolute atomic E-state index is 11.1. The first-order valence-corrected chi connectivity index (χ1v) is 4.42. The van der Waals surface area contributed by atoms with Gasteiger partial charge < -0.3 is 0 Å². The summed E-state index contributed by atoms with van der Waals surface area (Å²) in [6.07, 6.45) is 0. The molecule has 0 aliphatic heterocycles. The molecule has 0 saturated carbocycles. The van der Waals surface area contributed by atoms with Gasteiger partial charge in [-0.3, -0.25) is 10.1 Å². The Hall–Kier alpha value is 0.360. The summed E-state index contributed by atoms with van der Waals surface area (Å²) in [4.78, 5) is 11.1. The maximum Gasteiger partial charge on any atom is 0.160 e. The van der Waals surface area contributed by atoms with E-state index in [0.29, 0.717) is 5.92 Å². The fourth-order valence-electron chi connectivity index (χ4n) is 0.871. The van der Waals surface area contributed by atoms with Crippen LogP contribution in [0.4, 0.5) is 0 Å². The molecule has 60 valence electrons. The van der Waals surface area contributed by atoms with E-state index in [2.05, 4.69) is 27.9 Å². The summed E-state index contributed by atoms with van der Waals surface area (Å²) >= 11 is 2.16. The number of hydrogen-bond donors (Lipinski definition) is 1. The maximum atomic E-state index is 11.1. The second-order valence-corrected chi connectivity index (χ2v) is 4.37. The summed E-state index contributed by atoms with van der Waals surface area (Å²) in [5.74, 6) is 0.515. The summed E-state index contributed by atoms with van der Waals surface area (Å²) in [6, 6.07) is 0. The molecule has 2 nitrogen and oxygen atoms in total. The zero-order chi connectivity index (χ0) is 8.36. The van der Waals surface area contributed by atoms with Gasteiger partial charge in [-0.05, 0) is 19.9 Å². The molecule has 0 heterocycles. The molecule has 0 radical (unpaired) electrons. The monoisotopic (exact) mass is 255 g/mol. The third-order valence-electron chi connectivity index (χ3n) is 1.67. The lowest BCUT2D eigenvalue weighted by atomic mass is 10.0. The minimum Gasteiger partial charge on any atom is -0.300 e. The lowest BCUT2D eigenvalue weighted by Gasteiger charge is -2.28. The molecule has 0 saturated heterocycles. The van der Waals surface area contributed by atoms with Crippen molar-refractivity contribution in [3.05, 3.63) is 0 Å². The number of carbonyl (C=O) groups is 1. The topological polar surface area (TPSA) is 29.1 Å². The molecule has 0 spiro atoms. The van der Waals surface area contributed by atoms with E-state index < -0.39 is 0 Å². The molecule has 0 fully saturated rings. The summed E-state index contributed by atoms with van der Waals surface area (Å²) in [5.41, 5.74) is 0. The van der Waals surface area contributed by atoms with Crippen LogP contribution in [0.15, 0.2) is 0 Å². The highest BCUT2D eigenvalue weighted by molar-refractivity contribution is 14.1. The largest absolute Gasteiger partial charge is 0.300 e. The van der Waals surface area contributed by atoms with Crippen LogP contribution in [0.1, 0.15) is 20.8 Å². The van der Waals surface area contributed by atoms with Gasteiger partial charge in [0.05, 0.1) is 0 Å². The normalized spacial score (nSPS) is 17.0. The van der Waals surface area contributed by atoms with Crippen molar-refractivity contribution >= 4 is 28.4 Å². The number of ketones is 1. The van der Waals surface area contributed by atoms with Gasteiger partial charge in [0.15, 0.2) is 5.78 Å². The third-order valence-corrected chi connectivity index (χ3v) is 4.22. The lowest BCUT2D eigenvalue weighted by Crippen LogP contribution is -2.47. The summed E-state index contributed by atoms with van der Waals surface area (Å²) in [5, 5.41) is 3.01. The predicted molar refractivity (Wildman–Crippen MR) is 51.3 cm³/mol. The number of hydrogen-bond acceptors (Lipinski definition) is 2. The van der Waals surface area contributed by atoms with Gasteiger partial charge in [0.25, 0.3) is 0 Å². The summed E-state index contributed by atoms with van der Waals surface area (Å²) in [6.45, 7) is 5.68. The molecule has 0 amide bonds. The molecule has 0 bridgehead atoms. The first-order chi connectivity index (χ1) is 4.45. The lowest BCUT2D eigenvalue weighted by molar-refractivity contribution is -0.120. The standard InChI is InChI=1S/C7H14INO/c1-5(2)7(8,9-4)6(3)10/h5,9H,1-4H3. The highest BCUT2D eigenvalue weighted by atomic mass is 127. The first-order valence-electron chi connectivity index (χ1n) is 3.34. The van der Waals surface area contributed by atoms with Crippen LogP contribution < -0.4 is 5.32 Å². The molecule has 0 aromatic rings. The van der Waals surface area contributed by atoms with E-state index >= 15 is 0 Å². The van der Waals surface area contributed by atoms with E-state index in [1.54, 1.807) is 6.92 Å². The third kappa shape index (κ3) is 1.92. The summed E-state index contributed by atoms with van der Waals surface area (Å²) in [7, 11) is 1.81. The minimum atomic E-state index is -0.377. The average Bonchev–Trinajstić information content (AvgIpc) is 1.85. The van der Waals surface area contributed by atoms with Gasteiger partial charge in [-0.1, -0.05) is 36.4 Å². The molecule has 1 N–H and O–H groups in total. The van der Waals surface area contributed by atoms with Crippen LogP contribution in [-0.4, -0.2) is 16.4 Å². The zero-order valence-corrected chi connectivity index (χ0v) is 9.02. The zero-order valence-electron chi connectivity index (χ0n) is 6.86. The Morgan fingerprint density at radius 2 is 2.00 bits per heavy atom. The Kier molecular flexibility index (Phi) is 3.80. The molecule has 0 aromatic heterocycles. The van der Waals surface area contributed by atoms with Crippen LogP contribution >= 0.6 is 22.6 Å². The molecule has 1 unspecified atom stereocenters. The van der Waals surface area contributed by atoms with Crippen molar-refractivity contribution in [2.75, 3.05) is 7.05 Å². The Bertz CT molecular complexity index is 136. The summed E-state index contributed by atoms with van der Waals surface area (Å²) < 4.78 is -0.377. The molecule has 0 aliphatic carbocycles. The molecule has 0 rings (SSSR count). The smallest absolute Gasteiger partial charge is 0.160 e. The second kappa shape index (κ2) is 3.67. The highest BCUT2D eigenvalue weighted by Crippen LogP contribution is 2.25. The van der Waals surface area contributed by atoms with Crippen molar-refractivity contribution in [2.45, 2.75) is 24.3 Å². The number of likely N-dealkylation sites (N-methyl/N-ethyl adjacent to an activating group) is 1. The Morgan fingerprint density at radius 1 is 1.60 bits per heavy atom. The van der Waals surface area contributed by atoms with Crippen LogP contribution in [-0.2, 0) is 4.79 Å². The Balaban J connectivity index is 4.38. The number of nitrogens with one attached hydrogen (secondary N) is 1. The van der Waals surface area contributed by atoms with Gasteiger partial charge in [0.1, 0.15) is 3.55 Å². The van der Waals surface area contributed by atoms with Crippen molar-refractivity contribution in [2.24, 2.45) is 5.92 Å². The Labute approximate surface area is 75.9 Å². The Morgan fingerprint density at radius 3 is 2.00 bits per heavy atom. The molecule has 1 atom stereocenters. The van der Waals surface area contributed by atoms with Gasteiger partial charge in [0.2, 0.25) is 0 Å². The quantitative estimate of drug-likeness (QED) is 0.471. The van der Waals surface area contributed by atoms with E-state index in [-0.39, 0.29) is 9.33 Å². The van der Waals surface area contributed by atoms with E-state index in [1.165, 1.54) is 0 Å². The van der Waals surface area contributed by atoms with Gasteiger partial charge in [0, 0.05) is 0 Å². The number of rotatable bonds is 3. The second-order valence-electron chi connectivity index (χ2n) is 2.67. The van der Waals surface area contributed by atoms with E-state index in [1.807, 2.05) is 20.9 Å². The van der Waals surface area contributed by atoms with Crippen LogP contribution in [0.25, 0.3) is 0 Å². The SMILES string of the molecule is CNC(I)(C(C)=O)C(C)C. The number of carbonyl (C=O) groups excluding carboxylic acids is 1. The van der Waals surface area contributed by atoms with Crippen molar-refractivity contribution in [1.82, 2.24) is 5.32 Å². The molecule has 0 aromatic carbocycles. The van der Waals surface area contributed by atoms with E-state index in [0.717, 1.165) is 0 Å². The molecule has 0 aliphatic rings. The number of alkyl halides is 1. The number of Topliss-reactive ketones (excluding diaryl/α,β-unsaturated/α-hetero) is 1. The van der Waals surface area contributed by atoms with Crippen molar-refractivity contribution in [3.8, 4) is 0 Å². The van der Waals surface area contributed by atoms with Gasteiger partial charge >= 0.3 is 0 Å². The average molecular weight is 255 g/mol. The van der Waals surface area contributed by atoms with E-state index in [9.17, 15) is 4.79 Å². The van der Waals surface area contributed by atoms with Crippen LogP contribution in [0, 0.1) is 5.92 Å².